The monoisotopic (exact) mass is 295 g/mol. The van der Waals surface area contributed by atoms with Crippen molar-refractivity contribution in [3.05, 3.63) is 23.8 Å². The van der Waals surface area contributed by atoms with Crippen LogP contribution in [0.2, 0.25) is 0 Å². The molecule has 1 rings (SSSR count). The van der Waals surface area contributed by atoms with Crippen molar-refractivity contribution in [2.45, 2.75) is 40.3 Å². The molecule has 0 aliphatic carbocycles. The van der Waals surface area contributed by atoms with Gasteiger partial charge in [-0.1, -0.05) is 13.0 Å². The van der Waals surface area contributed by atoms with E-state index in [1.807, 2.05) is 25.1 Å². The van der Waals surface area contributed by atoms with Crippen LogP contribution in [0.25, 0.3) is 0 Å². The van der Waals surface area contributed by atoms with Crippen LogP contribution in [0, 0.1) is 0 Å². The van der Waals surface area contributed by atoms with Crippen molar-refractivity contribution in [3.63, 3.8) is 0 Å². The number of carbonyl (C=O) groups excluding carboxylic acids is 1. The molecule has 0 bridgehead atoms. The van der Waals surface area contributed by atoms with Gasteiger partial charge in [-0.2, -0.15) is 0 Å². The maximum atomic E-state index is 11.6. The van der Waals surface area contributed by atoms with E-state index in [0.717, 1.165) is 18.7 Å². The summed E-state index contributed by atoms with van der Waals surface area (Å²) in [4.78, 5) is 11.6. The van der Waals surface area contributed by atoms with Gasteiger partial charge in [-0.15, -0.1) is 0 Å². The van der Waals surface area contributed by atoms with E-state index in [-0.39, 0.29) is 5.97 Å². The molecule has 118 valence electrons. The van der Waals surface area contributed by atoms with Gasteiger partial charge >= 0.3 is 5.97 Å². The SMILES string of the molecule is CCNCc1ccc(OC(C)C(=O)OCC)c(OCC)c1. The van der Waals surface area contributed by atoms with Gasteiger partial charge in [0, 0.05) is 6.54 Å². The lowest BCUT2D eigenvalue weighted by Crippen LogP contribution is -2.26. The van der Waals surface area contributed by atoms with E-state index in [2.05, 4.69) is 12.2 Å². The number of carbonyl (C=O) groups is 1. The fourth-order valence-corrected chi connectivity index (χ4v) is 1.80. The molecule has 1 unspecified atom stereocenters. The summed E-state index contributed by atoms with van der Waals surface area (Å²) in [6, 6.07) is 5.71. The standard InChI is InChI=1S/C16H25NO4/c1-5-17-11-13-8-9-14(15(10-13)19-6-2)21-12(4)16(18)20-7-3/h8-10,12,17H,5-7,11H2,1-4H3. The first-order chi connectivity index (χ1) is 10.1. The van der Waals surface area contributed by atoms with Gasteiger partial charge in [-0.25, -0.2) is 4.79 Å². The van der Waals surface area contributed by atoms with Crippen LogP contribution in [-0.2, 0) is 16.1 Å². The third-order valence-corrected chi connectivity index (χ3v) is 2.81. The Bertz CT molecular complexity index is 448. The minimum Gasteiger partial charge on any atom is -0.490 e. The predicted octanol–water partition coefficient (Wildman–Crippen LogP) is 2.53. The second-order valence-corrected chi connectivity index (χ2v) is 4.51. The second kappa shape index (κ2) is 9.23. The Kier molecular flexibility index (Phi) is 7.61. The highest BCUT2D eigenvalue weighted by Crippen LogP contribution is 2.29. The van der Waals surface area contributed by atoms with E-state index in [1.165, 1.54) is 0 Å². The summed E-state index contributed by atoms with van der Waals surface area (Å²) >= 11 is 0. The van der Waals surface area contributed by atoms with Crippen molar-refractivity contribution in [1.82, 2.24) is 5.32 Å². The molecule has 0 aliphatic rings. The van der Waals surface area contributed by atoms with Crippen molar-refractivity contribution in [2.24, 2.45) is 0 Å². The van der Waals surface area contributed by atoms with Crippen LogP contribution in [0.5, 0.6) is 11.5 Å². The second-order valence-electron chi connectivity index (χ2n) is 4.51. The average molecular weight is 295 g/mol. The first kappa shape index (κ1) is 17.3. The fraction of sp³-hybridized carbons (Fsp3) is 0.562. The zero-order valence-corrected chi connectivity index (χ0v) is 13.3. The number of esters is 1. The Morgan fingerprint density at radius 1 is 1.19 bits per heavy atom. The van der Waals surface area contributed by atoms with Crippen LogP contribution in [-0.4, -0.2) is 31.8 Å². The zero-order valence-electron chi connectivity index (χ0n) is 13.3. The van der Waals surface area contributed by atoms with Gasteiger partial charge in [0.1, 0.15) is 0 Å². The van der Waals surface area contributed by atoms with Gasteiger partial charge in [0.05, 0.1) is 13.2 Å². The molecular formula is C16H25NO4. The first-order valence-corrected chi connectivity index (χ1v) is 7.42. The topological polar surface area (TPSA) is 56.8 Å². The Morgan fingerprint density at radius 3 is 2.57 bits per heavy atom. The van der Waals surface area contributed by atoms with Crippen LogP contribution in [0.3, 0.4) is 0 Å². The molecule has 5 nitrogen and oxygen atoms in total. The van der Waals surface area contributed by atoms with E-state index in [0.29, 0.717) is 24.7 Å². The highest BCUT2D eigenvalue weighted by molar-refractivity contribution is 5.74. The molecule has 1 aromatic carbocycles. The summed E-state index contributed by atoms with van der Waals surface area (Å²) in [7, 11) is 0. The lowest BCUT2D eigenvalue weighted by atomic mass is 10.2. The van der Waals surface area contributed by atoms with Gasteiger partial charge in [0.25, 0.3) is 0 Å². The van der Waals surface area contributed by atoms with Crippen molar-refractivity contribution in [1.29, 1.82) is 0 Å². The Morgan fingerprint density at radius 2 is 1.95 bits per heavy atom. The zero-order chi connectivity index (χ0) is 15.7. The number of hydrogen-bond donors (Lipinski definition) is 1. The Labute approximate surface area is 126 Å². The molecule has 0 fully saturated rings. The Hall–Kier alpha value is -1.75. The van der Waals surface area contributed by atoms with E-state index in [9.17, 15) is 4.79 Å². The third kappa shape index (κ3) is 5.63. The van der Waals surface area contributed by atoms with E-state index in [4.69, 9.17) is 14.2 Å². The lowest BCUT2D eigenvalue weighted by Gasteiger charge is -2.17. The van der Waals surface area contributed by atoms with Gasteiger partial charge in [-0.3, -0.25) is 0 Å². The van der Waals surface area contributed by atoms with Crippen LogP contribution >= 0.6 is 0 Å². The number of ether oxygens (including phenoxy) is 3. The summed E-state index contributed by atoms with van der Waals surface area (Å²) in [6.45, 7) is 9.96. The molecule has 21 heavy (non-hydrogen) atoms. The first-order valence-electron chi connectivity index (χ1n) is 7.42. The van der Waals surface area contributed by atoms with E-state index >= 15 is 0 Å². The summed E-state index contributed by atoms with van der Waals surface area (Å²) in [5.74, 6) is 0.818. The molecule has 0 spiro atoms. The lowest BCUT2D eigenvalue weighted by molar-refractivity contribution is -0.150. The molecule has 5 heteroatoms. The quantitative estimate of drug-likeness (QED) is 0.709. The van der Waals surface area contributed by atoms with Crippen LogP contribution in [0.15, 0.2) is 18.2 Å². The minimum atomic E-state index is -0.663. The fourth-order valence-electron chi connectivity index (χ4n) is 1.80. The Balaban J connectivity index is 2.82. The van der Waals surface area contributed by atoms with Crippen molar-refractivity contribution >= 4 is 5.97 Å². The van der Waals surface area contributed by atoms with Gasteiger partial charge in [0.15, 0.2) is 17.6 Å². The highest BCUT2D eigenvalue weighted by atomic mass is 16.6. The number of benzene rings is 1. The van der Waals surface area contributed by atoms with Gasteiger partial charge < -0.3 is 19.5 Å². The predicted molar refractivity (Wildman–Crippen MR) is 81.7 cm³/mol. The van der Waals surface area contributed by atoms with E-state index in [1.54, 1.807) is 13.8 Å². The third-order valence-electron chi connectivity index (χ3n) is 2.81. The molecule has 0 aromatic heterocycles. The number of rotatable bonds is 9. The highest BCUT2D eigenvalue weighted by Gasteiger charge is 2.18. The molecule has 1 atom stereocenters. The summed E-state index contributed by atoms with van der Waals surface area (Å²) < 4.78 is 16.2. The molecule has 1 aromatic rings. The molecule has 0 amide bonds. The summed E-state index contributed by atoms with van der Waals surface area (Å²) in [6.07, 6.45) is -0.663. The minimum absolute atomic E-state index is 0.340. The maximum absolute atomic E-state index is 11.6. The van der Waals surface area contributed by atoms with Crippen molar-refractivity contribution in [3.8, 4) is 11.5 Å². The molecule has 0 saturated heterocycles. The number of nitrogens with one attached hydrogen (secondary N) is 1. The van der Waals surface area contributed by atoms with Gasteiger partial charge in [-0.05, 0) is 45.0 Å². The molecule has 0 saturated carbocycles. The normalized spacial score (nSPS) is 11.8. The summed E-state index contributed by atoms with van der Waals surface area (Å²) in [5, 5.41) is 3.26. The molecule has 0 radical (unpaired) electrons. The molecule has 0 heterocycles. The smallest absolute Gasteiger partial charge is 0.347 e. The van der Waals surface area contributed by atoms with Gasteiger partial charge in [0.2, 0.25) is 0 Å². The molecular weight excluding hydrogens is 270 g/mol. The van der Waals surface area contributed by atoms with Crippen molar-refractivity contribution in [2.75, 3.05) is 19.8 Å². The van der Waals surface area contributed by atoms with Crippen molar-refractivity contribution < 1.29 is 19.0 Å². The van der Waals surface area contributed by atoms with E-state index < -0.39 is 6.10 Å². The maximum Gasteiger partial charge on any atom is 0.347 e. The molecule has 1 N–H and O–H groups in total. The van der Waals surface area contributed by atoms with Crippen LogP contribution in [0.4, 0.5) is 0 Å². The molecule has 0 aliphatic heterocycles. The average Bonchev–Trinajstić information content (AvgIpc) is 2.47. The largest absolute Gasteiger partial charge is 0.490 e. The number of hydrogen-bond acceptors (Lipinski definition) is 5. The van der Waals surface area contributed by atoms with Crippen LogP contribution in [0.1, 0.15) is 33.3 Å². The summed E-state index contributed by atoms with van der Waals surface area (Å²) in [5.41, 5.74) is 1.11. The van der Waals surface area contributed by atoms with Crippen LogP contribution < -0.4 is 14.8 Å².